The van der Waals surface area contributed by atoms with Gasteiger partial charge in [-0.2, -0.15) is 47.2 Å². The van der Waals surface area contributed by atoms with Gasteiger partial charge in [0.2, 0.25) is 0 Å². The summed E-state index contributed by atoms with van der Waals surface area (Å²) in [5.41, 5.74) is 8.01. The SMILES string of the molecule is CCC(C)C1([C-](c2ccccc2)C(C)(C)[C-](c2ccccc2)C2(C(C)CC)C3=CC=C2C=C3)C2=CC=C1C=C2.[Li+].[Li+]. The van der Waals surface area contributed by atoms with Gasteiger partial charge in [0.15, 0.2) is 0 Å². The molecule has 4 bridgehead atoms. The van der Waals surface area contributed by atoms with Crippen LogP contribution in [-0.2, 0) is 0 Å². The van der Waals surface area contributed by atoms with Gasteiger partial charge in [0, 0.05) is 10.8 Å². The van der Waals surface area contributed by atoms with E-state index >= 15 is 0 Å². The third kappa shape index (κ3) is 4.33. The van der Waals surface area contributed by atoms with Crippen LogP contribution < -0.4 is 37.7 Å². The summed E-state index contributed by atoms with van der Waals surface area (Å²) in [4.78, 5) is 0. The Morgan fingerprint density at radius 2 is 0.854 bits per heavy atom. The Balaban J connectivity index is 0.00000194. The first kappa shape index (κ1) is 31.7. The zero-order chi connectivity index (χ0) is 27.4. The molecule has 4 aliphatic carbocycles. The van der Waals surface area contributed by atoms with Crippen LogP contribution in [0.4, 0.5) is 0 Å². The van der Waals surface area contributed by atoms with Gasteiger partial charge < -0.3 is 0 Å². The summed E-state index contributed by atoms with van der Waals surface area (Å²) in [7, 11) is 0. The fourth-order valence-corrected chi connectivity index (χ4v) is 8.64. The van der Waals surface area contributed by atoms with Crippen molar-refractivity contribution in [3.63, 3.8) is 0 Å². The zero-order valence-corrected chi connectivity index (χ0v) is 26.5. The van der Waals surface area contributed by atoms with E-state index in [1.54, 1.807) is 11.8 Å². The normalized spacial score (nSPS) is 19.9. The minimum absolute atomic E-state index is 0. The molecule has 0 saturated heterocycles. The molecule has 2 unspecified atom stereocenters. The van der Waals surface area contributed by atoms with Crippen molar-refractivity contribution < 1.29 is 37.7 Å². The van der Waals surface area contributed by atoms with Crippen LogP contribution in [0.5, 0.6) is 0 Å². The topological polar surface area (TPSA) is 0 Å². The monoisotopic (exact) mass is 524 g/mol. The van der Waals surface area contributed by atoms with Crippen LogP contribution >= 0.6 is 0 Å². The van der Waals surface area contributed by atoms with Gasteiger partial charge in [-0.1, -0.05) is 121 Å². The standard InChI is InChI=1S/C39H42.2Li/c1-7-27(3)38(31-19-20-32(38)22-21-31)35(29-15-11-9-12-16-29)37(5,6)36(30-17-13-10-14-18-30)39(28(4)8-2)33-23-24-34(39)26-25-33;;/h9-28H,7-8H2,1-6H3;;/q-2;2*+1. The number of rotatable bonds is 10. The molecule has 0 radical (unpaired) electrons. The van der Waals surface area contributed by atoms with Crippen LogP contribution in [-0.4, -0.2) is 0 Å². The zero-order valence-electron chi connectivity index (χ0n) is 26.5. The van der Waals surface area contributed by atoms with Gasteiger partial charge in [0.05, 0.1) is 0 Å². The van der Waals surface area contributed by atoms with Crippen molar-refractivity contribution in [3.8, 4) is 0 Å². The molecule has 0 nitrogen and oxygen atoms in total. The molecular formula is C39H42Li2. The maximum Gasteiger partial charge on any atom is 1.00 e. The summed E-state index contributed by atoms with van der Waals surface area (Å²) in [5, 5.41) is 0. The Labute approximate surface area is 273 Å². The van der Waals surface area contributed by atoms with E-state index in [9.17, 15) is 0 Å². The van der Waals surface area contributed by atoms with E-state index in [4.69, 9.17) is 0 Å². The predicted molar refractivity (Wildman–Crippen MR) is 166 cm³/mol. The summed E-state index contributed by atoms with van der Waals surface area (Å²) in [6.45, 7) is 14.7. The summed E-state index contributed by atoms with van der Waals surface area (Å²) >= 11 is 0. The molecule has 2 atom stereocenters. The van der Waals surface area contributed by atoms with Crippen LogP contribution in [0, 0.1) is 39.9 Å². The number of allylic oxidation sites excluding steroid dienone is 12. The van der Waals surface area contributed by atoms with Crippen molar-refractivity contribution in [1.29, 1.82) is 0 Å². The maximum absolute atomic E-state index is 2.53. The molecule has 41 heavy (non-hydrogen) atoms. The van der Waals surface area contributed by atoms with E-state index in [2.05, 4.69) is 151 Å². The van der Waals surface area contributed by atoms with Gasteiger partial charge >= 0.3 is 37.7 Å². The second-order valence-corrected chi connectivity index (χ2v) is 12.5. The molecule has 2 heteroatoms. The summed E-state index contributed by atoms with van der Waals surface area (Å²) < 4.78 is 0. The van der Waals surface area contributed by atoms with Crippen molar-refractivity contribution in [2.75, 3.05) is 0 Å². The van der Waals surface area contributed by atoms with Gasteiger partial charge in [-0.25, -0.2) is 0 Å². The van der Waals surface area contributed by atoms with Gasteiger partial charge in [0.1, 0.15) is 0 Å². The van der Waals surface area contributed by atoms with Crippen LogP contribution in [0.2, 0.25) is 0 Å². The smallest absolute Gasteiger partial charge is 0.188 e. The molecule has 2 aromatic carbocycles. The van der Waals surface area contributed by atoms with Gasteiger partial charge in [-0.15, -0.1) is 24.3 Å². The van der Waals surface area contributed by atoms with Gasteiger partial charge in [0.25, 0.3) is 0 Å². The molecule has 0 N–H and O–H groups in total. The fourth-order valence-electron chi connectivity index (χ4n) is 8.64. The molecule has 0 spiro atoms. The van der Waals surface area contributed by atoms with Crippen LogP contribution in [0.15, 0.2) is 132 Å². The first-order valence-corrected chi connectivity index (χ1v) is 14.9. The van der Waals surface area contributed by atoms with Crippen LogP contribution in [0.1, 0.15) is 65.5 Å². The van der Waals surface area contributed by atoms with E-state index in [1.165, 1.54) is 33.4 Å². The Hall–Kier alpha value is -2.19. The average molecular weight is 525 g/mol. The average Bonchev–Trinajstić information content (AvgIpc) is 3.72. The van der Waals surface area contributed by atoms with E-state index in [1.807, 2.05) is 0 Å². The summed E-state index contributed by atoms with van der Waals surface area (Å²) in [6, 6.07) is 22.6. The molecule has 6 rings (SSSR count). The predicted octanol–water partition coefficient (Wildman–Crippen LogP) is 4.20. The fraction of sp³-hybridized carbons (Fsp3) is 0.333. The second-order valence-electron chi connectivity index (χ2n) is 12.5. The van der Waals surface area contributed by atoms with Crippen molar-refractivity contribution in [3.05, 3.63) is 155 Å². The molecular weight excluding hydrogens is 482 g/mol. The van der Waals surface area contributed by atoms with Crippen molar-refractivity contribution >= 4 is 0 Å². The number of benzene rings is 2. The Morgan fingerprint density at radius 3 is 1.10 bits per heavy atom. The molecule has 0 aliphatic heterocycles. The molecule has 2 aromatic rings. The molecule has 0 fully saturated rings. The number of fused-ring (bicyclic) bond motifs is 4. The Kier molecular flexibility index (Phi) is 9.16. The Bertz CT molecular complexity index is 1280. The third-order valence-corrected chi connectivity index (χ3v) is 10.5. The van der Waals surface area contributed by atoms with Gasteiger partial charge in [-0.05, 0) is 34.1 Å². The third-order valence-electron chi connectivity index (χ3n) is 10.5. The summed E-state index contributed by atoms with van der Waals surface area (Å²) in [5.74, 6) is 4.02. The largest absolute Gasteiger partial charge is 1.00 e. The van der Waals surface area contributed by atoms with Gasteiger partial charge in [-0.3, -0.25) is 0 Å². The number of hydrogen-bond donors (Lipinski definition) is 0. The molecule has 0 aromatic heterocycles. The van der Waals surface area contributed by atoms with E-state index in [-0.39, 0.29) is 54.0 Å². The van der Waals surface area contributed by atoms with E-state index in [0.29, 0.717) is 11.8 Å². The molecule has 200 valence electrons. The molecule has 0 amide bonds. The maximum atomic E-state index is 2.53. The minimum atomic E-state index is -0.251. The molecule has 0 saturated carbocycles. The van der Waals surface area contributed by atoms with Crippen molar-refractivity contribution in [1.82, 2.24) is 0 Å². The molecule has 0 heterocycles. The van der Waals surface area contributed by atoms with Crippen molar-refractivity contribution in [2.24, 2.45) is 28.1 Å². The van der Waals surface area contributed by atoms with Crippen molar-refractivity contribution in [2.45, 2.75) is 54.4 Å². The van der Waals surface area contributed by atoms with E-state index < -0.39 is 0 Å². The number of hydrogen-bond acceptors (Lipinski definition) is 0. The summed E-state index contributed by atoms with van der Waals surface area (Å²) in [6.07, 6.45) is 21.3. The first-order chi connectivity index (χ1) is 18.8. The van der Waals surface area contributed by atoms with Crippen LogP contribution in [0.25, 0.3) is 0 Å². The first-order valence-electron chi connectivity index (χ1n) is 14.9. The quantitative estimate of drug-likeness (QED) is 0.323. The second kappa shape index (κ2) is 11.8. The molecule has 4 aliphatic rings. The minimum Gasteiger partial charge on any atom is -0.188 e. The Morgan fingerprint density at radius 1 is 0.561 bits per heavy atom. The van der Waals surface area contributed by atoms with Crippen LogP contribution in [0.3, 0.4) is 0 Å². The van der Waals surface area contributed by atoms with E-state index in [0.717, 1.165) is 12.8 Å².